The molecule has 1 aromatic carbocycles. The number of halogens is 2. The van der Waals surface area contributed by atoms with Crippen LogP contribution in [0, 0.1) is 5.82 Å². The van der Waals surface area contributed by atoms with E-state index < -0.39 is 5.82 Å². The van der Waals surface area contributed by atoms with E-state index in [1.807, 2.05) is 6.92 Å². The van der Waals surface area contributed by atoms with Crippen molar-refractivity contribution >= 4 is 11.6 Å². The standard InChI is InChI=1S/C12H16ClFN2O/c1-8(16-6-4-15-5-7-16)11-10(14)3-2-9(13)12(11)17/h2-3,8,15,17H,4-7H2,1H3/t8-/m1/s1. The molecule has 1 aliphatic heterocycles. The molecule has 1 aliphatic rings. The van der Waals surface area contributed by atoms with Crippen LogP contribution in [0.5, 0.6) is 5.75 Å². The zero-order chi connectivity index (χ0) is 12.4. The van der Waals surface area contributed by atoms with E-state index in [4.69, 9.17) is 11.6 Å². The molecule has 0 bridgehead atoms. The summed E-state index contributed by atoms with van der Waals surface area (Å²) in [6.45, 7) is 5.33. The number of phenolic OH excluding ortho intramolecular Hbond substituents is 1. The molecular weight excluding hydrogens is 243 g/mol. The van der Waals surface area contributed by atoms with Crippen LogP contribution in [0.25, 0.3) is 0 Å². The number of phenols is 1. The quantitative estimate of drug-likeness (QED) is 0.853. The molecular formula is C12H16ClFN2O. The minimum Gasteiger partial charge on any atom is -0.506 e. The van der Waals surface area contributed by atoms with Crippen LogP contribution in [0.1, 0.15) is 18.5 Å². The van der Waals surface area contributed by atoms with E-state index in [1.54, 1.807) is 0 Å². The van der Waals surface area contributed by atoms with E-state index in [1.165, 1.54) is 12.1 Å². The van der Waals surface area contributed by atoms with Gasteiger partial charge in [-0.15, -0.1) is 0 Å². The minimum absolute atomic E-state index is 0.141. The first-order valence-electron chi connectivity index (χ1n) is 5.73. The van der Waals surface area contributed by atoms with E-state index >= 15 is 0 Å². The Bertz CT molecular complexity index is 408. The molecule has 1 fully saturated rings. The topological polar surface area (TPSA) is 35.5 Å². The molecule has 1 heterocycles. The third-order valence-corrected chi connectivity index (χ3v) is 3.54. The molecule has 0 aromatic heterocycles. The summed E-state index contributed by atoms with van der Waals surface area (Å²) in [5.74, 6) is -0.546. The van der Waals surface area contributed by atoms with Crippen molar-refractivity contribution in [2.75, 3.05) is 26.2 Å². The molecule has 0 unspecified atom stereocenters. The van der Waals surface area contributed by atoms with Gasteiger partial charge in [0.15, 0.2) is 0 Å². The van der Waals surface area contributed by atoms with E-state index in [0.29, 0.717) is 5.56 Å². The summed E-state index contributed by atoms with van der Waals surface area (Å²) in [5.41, 5.74) is 0.291. The first kappa shape index (κ1) is 12.6. The third kappa shape index (κ3) is 2.54. The lowest BCUT2D eigenvalue weighted by molar-refractivity contribution is 0.179. The summed E-state index contributed by atoms with van der Waals surface area (Å²) >= 11 is 5.82. The van der Waals surface area contributed by atoms with Gasteiger partial charge in [0.25, 0.3) is 0 Å². The number of aromatic hydroxyl groups is 1. The lowest BCUT2D eigenvalue weighted by Crippen LogP contribution is -2.44. The van der Waals surface area contributed by atoms with E-state index in [2.05, 4.69) is 10.2 Å². The number of hydrogen-bond donors (Lipinski definition) is 2. The molecule has 0 saturated carbocycles. The fraction of sp³-hybridized carbons (Fsp3) is 0.500. The number of piperazine rings is 1. The fourth-order valence-corrected chi connectivity index (χ4v) is 2.37. The van der Waals surface area contributed by atoms with Crippen LogP contribution in [0.15, 0.2) is 12.1 Å². The van der Waals surface area contributed by atoms with Crippen LogP contribution in [-0.2, 0) is 0 Å². The minimum atomic E-state index is -0.405. The van der Waals surface area contributed by atoms with Gasteiger partial charge in [0, 0.05) is 37.8 Å². The van der Waals surface area contributed by atoms with Crippen LogP contribution in [-0.4, -0.2) is 36.2 Å². The molecule has 2 N–H and O–H groups in total. The summed E-state index contributed by atoms with van der Waals surface area (Å²) in [6, 6.07) is 2.51. The van der Waals surface area contributed by atoms with Gasteiger partial charge in [-0.05, 0) is 19.1 Å². The van der Waals surface area contributed by atoms with E-state index in [0.717, 1.165) is 26.2 Å². The second-order valence-corrected chi connectivity index (χ2v) is 4.66. The number of benzene rings is 1. The van der Waals surface area contributed by atoms with Crippen molar-refractivity contribution < 1.29 is 9.50 Å². The molecule has 1 atom stereocenters. The van der Waals surface area contributed by atoms with Gasteiger partial charge in [0.2, 0.25) is 0 Å². The third-order valence-electron chi connectivity index (χ3n) is 3.23. The number of rotatable bonds is 2. The zero-order valence-corrected chi connectivity index (χ0v) is 10.5. The Balaban J connectivity index is 2.29. The normalized spacial score (nSPS) is 19.2. The highest BCUT2D eigenvalue weighted by Crippen LogP contribution is 2.36. The van der Waals surface area contributed by atoms with Gasteiger partial charge in [-0.2, -0.15) is 0 Å². The van der Waals surface area contributed by atoms with Gasteiger partial charge in [-0.25, -0.2) is 4.39 Å². The number of hydrogen-bond acceptors (Lipinski definition) is 3. The molecule has 5 heteroatoms. The smallest absolute Gasteiger partial charge is 0.141 e. The van der Waals surface area contributed by atoms with E-state index in [9.17, 15) is 9.50 Å². The lowest BCUT2D eigenvalue weighted by atomic mass is 10.0. The maximum absolute atomic E-state index is 13.8. The van der Waals surface area contributed by atoms with Crippen LogP contribution >= 0.6 is 11.6 Å². The summed E-state index contributed by atoms with van der Waals surface area (Å²) in [7, 11) is 0. The van der Waals surface area contributed by atoms with Crippen LogP contribution in [0.3, 0.4) is 0 Å². The molecule has 17 heavy (non-hydrogen) atoms. The average Bonchev–Trinajstić information content (AvgIpc) is 2.35. The Morgan fingerprint density at radius 1 is 1.41 bits per heavy atom. The summed E-state index contributed by atoms with van der Waals surface area (Å²) in [5, 5.41) is 13.3. The van der Waals surface area contributed by atoms with Gasteiger partial charge in [-0.3, -0.25) is 4.90 Å². The zero-order valence-electron chi connectivity index (χ0n) is 9.71. The van der Waals surface area contributed by atoms with Crippen LogP contribution in [0.4, 0.5) is 4.39 Å². The van der Waals surface area contributed by atoms with Crippen LogP contribution in [0.2, 0.25) is 5.02 Å². The molecule has 94 valence electrons. The van der Waals surface area contributed by atoms with Crippen molar-refractivity contribution in [2.24, 2.45) is 0 Å². The van der Waals surface area contributed by atoms with Crippen molar-refractivity contribution in [2.45, 2.75) is 13.0 Å². The maximum Gasteiger partial charge on any atom is 0.141 e. The Kier molecular flexibility index (Phi) is 3.86. The van der Waals surface area contributed by atoms with Crippen molar-refractivity contribution in [1.29, 1.82) is 0 Å². The second-order valence-electron chi connectivity index (χ2n) is 4.25. The summed E-state index contributed by atoms with van der Waals surface area (Å²) in [4.78, 5) is 2.13. The summed E-state index contributed by atoms with van der Waals surface area (Å²) in [6.07, 6.45) is 0. The summed E-state index contributed by atoms with van der Waals surface area (Å²) < 4.78 is 13.8. The molecule has 1 saturated heterocycles. The van der Waals surface area contributed by atoms with Crippen molar-refractivity contribution in [3.05, 3.63) is 28.5 Å². The molecule has 0 radical (unpaired) electrons. The molecule has 3 nitrogen and oxygen atoms in total. The van der Waals surface area contributed by atoms with Gasteiger partial charge in [0.05, 0.1) is 5.02 Å². The van der Waals surface area contributed by atoms with Gasteiger partial charge < -0.3 is 10.4 Å². The van der Waals surface area contributed by atoms with Crippen molar-refractivity contribution in [1.82, 2.24) is 10.2 Å². The molecule has 0 aliphatic carbocycles. The number of nitrogens with one attached hydrogen (secondary N) is 1. The van der Waals surface area contributed by atoms with Gasteiger partial charge in [0.1, 0.15) is 11.6 Å². The Morgan fingerprint density at radius 2 is 2.06 bits per heavy atom. The SMILES string of the molecule is C[C@H](c1c(F)ccc(Cl)c1O)N1CCNCC1. The highest BCUT2D eigenvalue weighted by Gasteiger charge is 2.24. The highest BCUT2D eigenvalue weighted by molar-refractivity contribution is 6.32. The predicted octanol–water partition coefficient (Wildman–Crippen LogP) is 2.15. The van der Waals surface area contributed by atoms with Crippen molar-refractivity contribution in [3.8, 4) is 5.75 Å². The lowest BCUT2D eigenvalue weighted by Gasteiger charge is -2.33. The van der Waals surface area contributed by atoms with Crippen molar-refractivity contribution in [3.63, 3.8) is 0 Å². The highest BCUT2D eigenvalue weighted by atomic mass is 35.5. The monoisotopic (exact) mass is 258 g/mol. The first-order valence-corrected chi connectivity index (χ1v) is 6.10. The average molecular weight is 259 g/mol. The van der Waals surface area contributed by atoms with E-state index in [-0.39, 0.29) is 16.8 Å². The Labute approximate surface area is 105 Å². The van der Waals surface area contributed by atoms with Gasteiger partial charge >= 0.3 is 0 Å². The number of nitrogens with zero attached hydrogens (tertiary/aromatic N) is 1. The largest absolute Gasteiger partial charge is 0.506 e. The predicted molar refractivity (Wildman–Crippen MR) is 65.9 cm³/mol. The van der Waals surface area contributed by atoms with Crippen LogP contribution < -0.4 is 5.32 Å². The molecule has 0 amide bonds. The van der Waals surface area contributed by atoms with Gasteiger partial charge in [-0.1, -0.05) is 11.6 Å². The first-order chi connectivity index (χ1) is 8.11. The Hall–Kier alpha value is -0.840. The Morgan fingerprint density at radius 3 is 2.71 bits per heavy atom. The molecule has 2 rings (SSSR count). The molecule has 0 spiro atoms. The fourth-order valence-electron chi connectivity index (χ4n) is 2.21. The molecule has 1 aromatic rings. The maximum atomic E-state index is 13.8. The second kappa shape index (κ2) is 5.21.